The zero-order chi connectivity index (χ0) is 19.2. The van der Waals surface area contributed by atoms with Crippen LogP contribution in [0.4, 0.5) is 8.78 Å². The van der Waals surface area contributed by atoms with E-state index in [1.165, 1.54) is 40.7 Å². The van der Waals surface area contributed by atoms with Gasteiger partial charge in [0.1, 0.15) is 16.0 Å². The van der Waals surface area contributed by atoms with Gasteiger partial charge in [-0.05, 0) is 24.6 Å². The lowest BCUT2D eigenvalue weighted by Gasteiger charge is -2.06. The van der Waals surface area contributed by atoms with E-state index in [1.807, 2.05) is 5.38 Å². The fourth-order valence-corrected chi connectivity index (χ4v) is 4.18. The molecule has 3 aromatic rings. The first kappa shape index (κ1) is 19.5. The van der Waals surface area contributed by atoms with Gasteiger partial charge in [-0.15, -0.1) is 11.3 Å². The molecule has 2 aromatic carbocycles. The fraction of sp³-hybridized carbons (Fsp3) is 0.200. The summed E-state index contributed by atoms with van der Waals surface area (Å²) in [5.74, 6) is -0.845. The first-order valence-electron chi connectivity index (χ1n) is 8.33. The van der Waals surface area contributed by atoms with Gasteiger partial charge >= 0.3 is 0 Å². The number of nitrogens with zero attached hydrogens (tertiary/aromatic N) is 1. The van der Waals surface area contributed by atoms with E-state index >= 15 is 0 Å². The van der Waals surface area contributed by atoms with Crippen molar-refractivity contribution >= 4 is 29.0 Å². The molecule has 1 aromatic heterocycles. The molecular formula is C20H18F2N2OS2. The van der Waals surface area contributed by atoms with Gasteiger partial charge in [-0.2, -0.15) is 0 Å². The molecule has 0 saturated heterocycles. The molecule has 0 spiro atoms. The molecule has 140 valence electrons. The number of hydrogen-bond acceptors (Lipinski definition) is 4. The van der Waals surface area contributed by atoms with Crippen molar-refractivity contribution in [2.45, 2.75) is 30.0 Å². The largest absolute Gasteiger partial charge is 0.351 e. The average molecular weight is 405 g/mol. The standard InChI is InChI=1S/C20H18F2N2OS2/c1-13-5-7-14(8-6-13)11-26-20-24-15(12-27-20)9-19(25)23-10-16-17(21)3-2-4-18(16)22/h2-8,12H,9-11H2,1H3,(H,23,25). The lowest BCUT2D eigenvalue weighted by atomic mass is 10.2. The topological polar surface area (TPSA) is 42.0 Å². The highest BCUT2D eigenvalue weighted by atomic mass is 32.2. The van der Waals surface area contributed by atoms with E-state index in [-0.39, 0.29) is 24.4 Å². The number of amides is 1. The molecule has 0 aliphatic carbocycles. The number of carbonyl (C=O) groups excluding carboxylic acids is 1. The summed E-state index contributed by atoms with van der Waals surface area (Å²) < 4.78 is 28.0. The lowest BCUT2D eigenvalue weighted by Crippen LogP contribution is -2.25. The summed E-state index contributed by atoms with van der Waals surface area (Å²) in [7, 11) is 0. The van der Waals surface area contributed by atoms with Gasteiger partial charge in [-0.25, -0.2) is 13.8 Å². The smallest absolute Gasteiger partial charge is 0.226 e. The predicted molar refractivity (Wildman–Crippen MR) is 105 cm³/mol. The molecule has 0 aliphatic rings. The molecule has 1 heterocycles. The Hall–Kier alpha value is -2.25. The van der Waals surface area contributed by atoms with E-state index < -0.39 is 11.6 Å². The van der Waals surface area contributed by atoms with E-state index in [4.69, 9.17) is 0 Å². The van der Waals surface area contributed by atoms with Crippen molar-refractivity contribution in [2.24, 2.45) is 0 Å². The van der Waals surface area contributed by atoms with E-state index in [0.717, 1.165) is 10.1 Å². The van der Waals surface area contributed by atoms with Gasteiger partial charge in [0.05, 0.1) is 12.1 Å². The molecular weight excluding hydrogens is 386 g/mol. The molecule has 0 atom stereocenters. The quantitative estimate of drug-likeness (QED) is 0.571. The molecule has 0 unspecified atom stereocenters. The Morgan fingerprint density at radius 1 is 1.15 bits per heavy atom. The van der Waals surface area contributed by atoms with E-state index in [0.29, 0.717) is 5.69 Å². The number of halogens is 2. The van der Waals surface area contributed by atoms with Crippen LogP contribution in [0.1, 0.15) is 22.4 Å². The SMILES string of the molecule is Cc1ccc(CSc2nc(CC(=O)NCc3c(F)cccc3F)cs2)cc1. The van der Waals surface area contributed by atoms with Crippen LogP contribution in [0.5, 0.6) is 0 Å². The Labute approximate surface area is 164 Å². The molecule has 0 radical (unpaired) electrons. The number of benzene rings is 2. The first-order chi connectivity index (χ1) is 13.0. The van der Waals surface area contributed by atoms with Crippen LogP contribution in [0.2, 0.25) is 0 Å². The van der Waals surface area contributed by atoms with E-state index in [1.54, 1.807) is 11.8 Å². The summed E-state index contributed by atoms with van der Waals surface area (Å²) in [5, 5.41) is 4.37. The minimum Gasteiger partial charge on any atom is -0.351 e. The van der Waals surface area contributed by atoms with Crippen LogP contribution in [0.3, 0.4) is 0 Å². The van der Waals surface area contributed by atoms with Crippen molar-refractivity contribution in [3.63, 3.8) is 0 Å². The number of rotatable bonds is 7. The zero-order valence-corrected chi connectivity index (χ0v) is 16.3. The van der Waals surface area contributed by atoms with Crippen molar-refractivity contribution in [1.29, 1.82) is 0 Å². The summed E-state index contributed by atoms with van der Waals surface area (Å²) in [4.78, 5) is 16.5. The van der Waals surface area contributed by atoms with Gasteiger partial charge in [0.15, 0.2) is 0 Å². The van der Waals surface area contributed by atoms with Gasteiger partial charge in [0.25, 0.3) is 0 Å². The minimum absolute atomic E-state index is 0.0810. The van der Waals surface area contributed by atoms with Gasteiger partial charge in [-0.3, -0.25) is 4.79 Å². The third kappa shape index (κ3) is 5.61. The summed E-state index contributed by atoms with van der Waals surface area (Å²) in [6.45, 7) is 1.87. The van der Waals surface area contributed by atoms with Crippen molar-refractivity contribution in [1.82, 2.24) is 10.3 Å². The Morgan fingerprint density at radius 2 is 1.85 bits per heavy atom. The Bertz CT molecular complexity index is 906. The number of carbonyl (C=O) groups is 1. The highest BCUT2D eigenvalue weighted by molar-refractivity contribution is 8.00. The number of nitrogens with one attached hydrogen (secondary N) is 1. The predicted octanol–water partition coefficient (Wildman–Crippen LogP) is 4.88. The summed E-state index contributed by atoms with van der Waals surface area (Å²) in [5.41, 5.74) is 2.95. The molecule has 1 N–H and O–H groups in total. The molecule has 0 fully saturated rings. The van der Waals surface area contributed by atoms with Crippen LogP contribution >= 0.6 is 23.1 Å². The van der Waals surface area contributed by atoms with Gasteiger partial charge in [0.2, 0.25) is 5.91 Å². The number of thioether (sulfide) groups is 1. The van der Waals surface area contributed by atoms with E-state index in [9.17, 15) is 13.6 Å². The fourth-order valence-electron chi connectivity index (χ4n) is 2.38. The van der Waals surface area contributed by atoms with Crippen molar-refractivity contribution < 1.29 is 13.6 Å². The average Bonchev–Trinajstić information content (AvgIpc) is 3.08. The molecule has 3 nitrogen and oxygen atoms in total. The highest BCUT2D eigenvalue weighted by Crippen LogP contribution is 2.26. The van der Waals surface area contributed by atoms with Gasteiger partial charge < -0.3 is 5.32 Å². The molecule has 0 aliphatic heterocycles. The molecule has 3 rings (SSSR count). The lowest BCUT2D eigenvalue weighted by molar-refractivity contribution is -0.120. The second-order valence-electron chi connectivity index (χ2n) is 6.03. The zero-order valence-electron chi connectivity index (χ0n) is 14.7. The molecule has 0 saturated carbocycles. The second kappa shape index (κ2) is 9.10. The molecule has 0 bridgehead atoms. The van der Waals surface area contributed by atoms with Crippen LogP contribution in [0, 0.1) is 18.6 Å². The third-order valence-corrected chi connectivity index (χ3v) is 6.02. The Morgan fingerprint density at radius 3 is 2.56 bits per heavy atom. The summed E-state index contributed by atoms with van der Waals surface area (Å²) in [6, 6.07) is 12.0. The maximum absolute atomic E-state index is 13.6. The molecule has 7 heteroatoms. The van der Waals surface area contributed by atoms with Gasteiger partial charge in [0, 0.05) is 23.2 Å². The Balaban J connectivity index is 1.49. The summed E-state index contributed by atoms with van der Waals surface area (Å²) in [6.07, 6.45) is 0.0810. The van der Waals surface area contributed by atoms with Crippen LogP contribution in [-0.4, -0.2) is 10.9 Å². The second-order valence-corrected chi connectivity index (χ2v) is 8.11. The third-order valence-electron chi connectivity index (χ3n) is 3.88. The van der Waals surface area contributed by atoms with E-state index in [2.05, 4.69) is 41.5 Å². The number of aryl methyl sites for hydroxylation is 1. The minimum atomic E-state index is -0.668. The van der Waals surface area contributed by atoms with Crippen LogP contribution < -0.4 is 5.32 Å². The van der Waals surface area contributed by atoms with Gasteiger partial charge in [-0.1, -0.05) is 47.7 Å². The van der Waals surface area contributed by atoms with Crippen molar-refractivity contribution in [3.8, 4) is 0 Å². The van der Waals surface area contributed by atoms with Crippen LogP contribution in [-0.2, 0) is 23.5 Å². The number of aromatic nitrogens is 1. The van der Waals surface area contributed by atoms with Crippen molar-refractivity contribution in [3.05, 3.63) is 81.9 Å². The first-order valence-corrected chi connectivity index (χ1v) is 10.2. The Kier molecular flexibility index (Phi) is 6.58. The molecule has 1 amide bonds. The van der Waals surface area contributed by atoms with Crippen LogP contribution in [0.25, 0.3) is 0 Å². The summed E-state index contributed by atoms with van der Waals surface area (Å²) >= 11 is 3.10. The van der Waals surface area contributed by atoms with Crippen LogP contribution in [0.15, 0.2) is 52.2 Å². The monoisotopic (exact) mass is 404 g/mol. The normalized spacial score (nSPS) is 10.8. The maximum atomic E-state index is 13.6. The molecule has 27 heavy (non-hydrogen) atoms. The highest BCUT2D eigenvalue weighted by Gasteiger charge is 2.12. The van der Waals surface area contributed by atoms with Crippen molar-refractivity contribution in [2.75, 3.05) is 0 Å². The maximum Gasteiger partial charge on any atom is 0.226 e. The number of thiazole rings is 1. The number of hydrogen-bond donors (Lipinski definition) is 1.